The van der Waals surface area contributed by atoms with Gasteiger partial charge in [0.15, 0.2) is 5.82 Å². The number of hydrogen-bond donors (Lipinski definition) is 0. The van der Waals surface area contributed by atoms with Crippen LogP contribution in [-0.4, -0.2) is 85.8 Å². The standard InChI is InChI=1S/C19H28ClN5O3S2/c1-14(2)13-30(26,27)25-5-3-23(4-6-25)12-15-11-16-17(29-15)18(22-19(20)21-16)24-7-9-28-10-8-24/h11,14H,3-10,12-13H2,1-2H3. The van der Waals surface area contributed by atoms with Crippen LogP contribution < -0.4 is 4.90 Å². The molecule has 0 bridgehead atoms. The van der Waals surface area contributed by atoms with Crippen molar-refractivity contribution >= 4 is 49.0 Å². The molecule has 30 heavy (non-hydrogen) atoms. The number of piperazine rings is 1. The molecule has 0 spiro atoms. The van der Waals surface area contributed by atoms with Crippen LogP contribution in [0.25, 0.3) is 10.2 Å². The molecule has 0 unspecified atom stereocenters. The van der Waals surface area contributed by atoms with Crippen molar-refractivity contribution in [1.82, 2.24) is 19.2 Å². The summed E-state index contributed by atoms with van der Waals surface area (Å²) in [4.78, 5) is 14.6. The zero-order valence-corrected chi connectivity index (χ0v) is 19.8. The molecule has 2 saturated heterocycles. The normalized spacial score (nSPS) is 19.8. The molecule has 0 atom stereocenters. The molecule has 2 fully saturated rings. The molecule has 8 nitrogen and oxygen atoms in total. The fraction of sp³-hybridized carbons (Fsp3) is 0.684. The summed E-state index contributed by atoms with van der Waals surface area (Å²) in [6.07, 6.45) is 0. The summed E-state index contributed by atoms with van der Waals surface area (Å²) in [6.45, 7) is 10.2. The molecule has 2 aromatic rings. The summed E-state index contributed by atoms with van der Waals surface area (Å²) in [5.74, 6) is 1.24. The third kappa shape index (κ3) is 5.05. The van der Waals surface area contributed by atoms with Crippen LogP contribution in [0, 0.1) is 5.92 Å². The van der Waals surface area contributed by atoms with E-state index in [1.54, 1.807) is 15.6 Å². The SMILES string of the molecule is CC(C)CS(=O)(=O)N1CCN(Cc2cc3nc(Cl)nc(N4CCOCC4)c3s2)CC1. The Hall–Kier alpha value is -1.04. The first-order valence-corrected chi connectivity index (χ1v) is 13.1. The second-order valence-corrected chi connectivity index (χ2v) is 11.7. The molecule has 11 heteroatoms. The predicted molar refractivity (Wildman–Crippen MR) is 121 cm³/mol. The topological polar surface area (TPSA) is 78.9 Å². The van der Waals surface area contributed by atoms with E-state index in [0.29, 0.717) is 26.3 Å². The van der Waals surface area contributed by atoms with E-state index < -0.39 is 10.0 Å². The molecule has 0 N–H and O–H groups in total. The van der Waals surface area contributed by atoms with Crippen LogP contribution in [-0.2, 0) is 21.3 Å². The van der Waals surface area contributed by atoms with Gasteiger partial charge in [0, 0.05) is 50.7 Å². The number of sulfonamides is 1. The van der Waals surface area contributed by atoms with Crippen molar-refractivity contribution < 1.29 is 13.2 Å². The van der Waals surface area contributed by atoms with Gasteiger partial charge in [-0.05, 0) is 23.6 Å². The van der Waals surface area contributed by atoms with Crippen LogP contribution in [0.1, 0.15) is 18.7 Å². The van der Waals surface area contributed by atoms with Gasteiger partial charge in [0.25, 0.3) is 0 Å². The minimum absolute atomic E-state index is 0.139. The van der Waals surface area contributed by atoms with Crippen molar-refractivity contribution in [2.24, 2.45) is 5.92 Å². The summed E-state index contributed by atoms with van der Waals surface area (Å²) < 4.78 is 33.1. The molecule has 2 aliphatic heterocycles. The molecule has 166 valence electrons. The monoisotopic (exact) mass is 473 g/mol. The van der Waals surface area contributed by atoms with E-state index in [1.165, 1.54) is 4.88 Å². The Morgan fingerprint density at radius 1 is 1.13 bits per heavy atom. The van der Waals surface area contributed by atoms with Gasteiger partial charge in [0.05, 0.1) is 29.2 Å². The maximum atomic E-state index is 12.5. The van der Waals surface area contributed by atoms with Crippen LogP contribution >= 0.6 is 22.9 Å². The molecule has 0 aromatic carbocycles. The highest BCUT2D eigenvalue weighted by molar-refractivity contribution is 7.89. The summed E-state index contributed by atoms with van der Waals surface area (Å²) in [5.41, 5.74) is 0.870. The van der Waals surface area contributed by atoms with Crippen LogP contribution in [0.4, 0.5) is 5.82 Å². The maximum absolute atomic E-state index is 12.5. The highest BCUT2D eigenvalue weighted by atomic mass is 35.5. The van der Waals surface area contributed by atoms with Gasteiger partial charge in [-0.15, -0.1) is 11.3 Å². The zero-order chi connectivity index (χ0) is 21.3. The molecule has 2 aliphatic rings. The fourth-order valence-electron chi connectivity index (χ4n) is 3.92. The summed E-state index contributed by atoms with van der Waals surface area (Å²) in [6, 6.07) is 2.08. The summed E-state index contributed by atoms with van der Waals surface area (Å²) >= 11 is 7.89. The number of thiophene rings is 1. The van der Waals surface area contributed by atoms with E-state index in [0.717, 1.165) is 48.8 Å². The Morgan fingerprint density at radius 3 is 2.50 bits per heavy atom. The Morgan fingerprint density at radius 2 is 1.83 bits per heavy atom. The maximum Gasteiger partial charge on any atom is 0.224 e. The lowest BCUT2D eigenvalue weighted by molar-refractivity contribution is 0.122. The molecule has 0 radical (unpaired) electrons. The first kappa shape index (κ1) is 22.2. The van der Waals surface area contributed by atoms with E-state index in [1.807, 2.05) is 13.8 Å². The molecule has 2 aromatic heterocycles. The van der Waals surface area contributed by atoms with Gasteiger partial charge in [-0.3, -0.25) is 4.90 Å². The summed E-state index contributed by atoms with van der Waals surface area (Å²) in [7, 11) is -3.16. The number of hydrogen-bond acceptors (Lipinski definition) is 8. The number of fused-ring (bicyclic) bond motifs is 1. The number of ether oxygens (including phenoxy) is 1. The van der Waals surface area contributed by atoms with Gasteiger partial charge in [-0.25, -0.2) is 13.4 Å². The lowest BCUT2D eigenvalue weighted by atomic mass is 10.3. The van der Waals surface area contributed by atoms with Crippen LogP contribution in [0.5, 0.6) is 0 Å². The number of halogens is 1. The highest BCUT2D eigenvalue weighted by Crippen LogP contribution is 2.34. The minimum atomic E-state index is -3.16. The Kier molecular flexibility index (Phi) is 6.81. The van der Waals surface area contributed by atoms with Crippen molar-refractivity contribution in [2.75, 3.05) is 63.1 Å². The van der Waals surface area contributed by atoms with Crippen LogP contribution in [0.3, 0.4) is 0 Å². The number of rotatable bonds is 6. The first-order chi connectivity index (χ1) is 14.3. The average molecular weight is 474 g/mol. The second kappa shape index (κ2) is 9.22. The van der Waals surface area contributed by atoms with Gasteiger partial charge < -0.3 is 9.64 Å². The fourth-order valence-corrected chi connectivity index (χ4v) is 7.02. The highest BCUT2D eigenvalue weighted by Gasteiger charge is 2.28. The second-order valence-electron chi connectivity index (χ2n) is 8.19. The molecule has 4 rings (SSSR count). The number of morpholine rings is 1. The zero-order valence-electron chi connectivity index (χ0n) is 17.4. The minimum Gasteiger partial charge on any atom is -0.378 e. The van der Waals surface area contributed by atoms with E-state index in [-0.39, 0.29) is 17.0 Å². The number of aromatic nitrogens is 2. The van der Waals surface area contributed by atoms with Crippen molar-refractivity contribution in [2.45, 2.75) is 20.4 Å². The molecular formula is C19H28ClN5O3S2. The molecule has 0 aliphatic carbocycles. The lowest BCUT2D eigenvalue weighted by Gasteiger charge is -2.34. The summed E-state index contributed by atoms with van der Waals surface area (Å²) in [5, 5.41) is 0.261. The van der Waals surface area contributed by atoms with Crippen LogP contribution in [0.2, 0.25) is 5.28 Å². The van der Waals surface area contributed by atoms with E-state index in [2.05, 4.69) is 25.8 Å². The smallest absolute Gasteiger partial charge is 0.224 e. The largest absolute Gasteiger partial charge is 0.378 e. The van der Waals surface area contributed by atoms with Crippen LogP contribution in [0.15, 0.2) is 6.07 Å². The average Bonchev–Trinajstić information content (AvgIpc) is 3.09. The Labute approximate surface area is 186 Å². The van der Waals surface area contributed by atoms with Gasteiger partial charge >= 0.3 is 0 Å². The number of anilines is 1. The molecule has 0 saturated carbocycles. The van der Waals surface area contributed by atoms with Crippen molar-refractivity contribution in [3.8, 4) is 0 Å². The van der Waals surface area contributed by atoms with Crippen molar-refractivity contribution in [3.05, 3.63) is 16.2 Å². The predicted octanol–water partition coefficient (Wildman–Crippen LogP) is 2.28. The third-order valence-corrected chi connectivity index (χ3v) is 8.85. The van der Waals surface area contributed by atoms with Crippen molar-refractivity contribution in [1.29, 1.82) is 0 Å². The third-order valence-electron chi connectivity index (χ3n) is 5.34. The molecular weight excluding hydrogens is 446 g/mol. The first-order valence-electron chi connectivity index (χ1n) is 10.3. The quantitative estimate of drug-likeness (QED) is 0.595. The van der Waals surface area contributed by atoms with Gasteiger partial charge in [-0.2, -0.15) is 9.29 Å². The van der Waals surface area contributed by atoms with E-state index in [9.17, 15) is 8.42 Å². The lowest BCUT2D eigenvalue weighted by Crippen LogP contribution is -2.49. The molecule has 4 heterocycles. The number of nitrogens with zero attached hydrogens (tertiary/aromatic N) is 5. The van der Waals surface area contributed by atoms with Gasteiger partial charge in [-0.1, -0.05) is 13.8 Å². The van der Waals surface area contributed by atoms with E-state index >= 15 is 0 Å². The Bertz CT molecular complexity index is 983. The van der Waals surface area contributed by atoms with Crippen molar-refractivity contribution in [3.63, 3.8) is 0 Å². The molecule has 0 amide bonds. The van der Waals surface area contributed by atoms with Gasteiger partial charge in [0.1, 0.15) is 0 Å². The van der Waals surface area contributed by atoms with E-state index in [4.69, 9.17) is 16.3 Å². The Balaban J connectivity index is 1.45. The van der Waals surface area contributed by atoms with Gasteiger partial charge in [0.2, 0.25) is 15.3 Å².